The van der Waals surface area contributed by atoms with Crippen molar-refractivity contribution in [3.63, 3.8) is 0 Å². The highest BCUT2D eigenvalue weighted by molar-refractivity contribution is 5.84. The van der Waals surface area contributed by atoms with Gasteiger partial charge in [-0.25, -0.2) is 9.97 Å². The summed E-state index contributed by atoms with van der Waals surface area (Å²) in [7, 11) is 0. The van der Waals surface area contributed by atoms with Crippen molar-refractivity contribution < 1.29 is 5.11 Å². The molecule has 126 valence electrons. The van der Waals surface area contributed by atoms with Gasteiger partial charge in [-0.2, -0.15) is 0 Å². The lowest BCUT2D eigenvalue weighted by Gasteiger charge is -2.17. The standard InChI is InChI=1S/C20H20N4O/c1-20(2,25)14-7-5-12(6-8-14)17-16-11-22-18-15(9-10-21-18)24(16)19(23-17)13-3-4-13/h5-11,13,21,25H,3-4H2,1-2H3. The van der Waals surface area contributed by atoms with E-state index in [4.69, 9.17) is 4.98 Å². The summed E-state index contributed by atoms with van der Waals surface area (Å²) < 4.78 is 2.25. The first-order valence-electron chi connectivity index (χ1n) is 8.70. The number of hydrogen-bond donors (Lipinski definition) is 2. The van der Waals surface area contributed by atoms with E-state index in [0.29, 0.717) is 5.92 Å². The van der Waals surface area contributed by atoms with Crippen molar-refractivity contribution in [3.05, 3.63) is 54.1 Å². The number of aliphatic hydroxyl groups is 1. The van der Waals surface area contributed by atoms with Crippen LogP contribution in [0.1, 0.15) is 44.0 Å². The average Bonchev–Trinajstić information content (AvgIpc) is 3.19. The molecule has 1 aliphatic rings. The molecular formula is C20H20N4O. The van der Waals surface area contributed by atoms with E-state index in [-0.39, 0.29) is 0 Å². The van der Waals surface area contributed by atoms with Crippen molar-refractivity contribution in [2.75, 3.05) is 0 Å². The maximum Gasteiger partial charge on any atom is 0.154 e. The molecule has 5 heteroatoms. The summed E-state index contributed by atoms with van der Waals surface area (Å²) in [6, 6.07) is 10.1. The van der Waals surface area contributed by atoms with Crippen LogP contribution in [0.15, 0.2) is 42.7 Å². The quantitative estimate of drug-likeness (QED) is 0.596. The molecule has 3 heterocycles. The average molecular weight is 332 g/mol. The molecular weight excluding hydrogens is 312 g/mol. The lowest BCUT2D eigenvalue weighted by atomic mass is 9.97. The number of H-pyrrole nitrogens is 1. The van der Waals surface area contributed by atoms with E-state index < -0.39 is 5.60 Å². The minimum Gasteiger partial charge on any atom is -0.386 e. The summed E-state index contributed by atoms with van der Waals surface area (Å²) in [6.45, 7) is 3.59. The molecule has 0 aliphatic heterocycles. The van der Waals surface area contributed by atoms with Gasteiger partial charge in [0.1, 0.15) is 5.82 Å². The minimum absolute atomic E-state index is 0.539. The van der Waals surface area contributed by atoms with Crippen LogP contribution in [0.2, 0.25) is 0 Å². The Hall–Kier alpha value is -2.66. The Morgan fingerprint density at radius 1 is 1.12 bits per heavy atom. The molecule has 0 unspecified atom stereocenters. The Labute approximate surface area is 145 Å². The van der Waals surface area contributed by atoms with Gasteiger partial charge in [-0.15, -0.1) is 0 Å². The Morgan fingerprint density at radius 2 is 1.88 bits per heavy atom. The largest absolute Gasteiger partial charge is 0.386 e. The second-order valence-electron chi connectivity index (χ2n) is 7.42. The van der Waals surface area contributed by atoms with Gasteiger partial charge in [0, 0.05) is 17.7 Å². The van der Waals surface area contributed by atoms with Gasteiger partial charge in [0.15, 0.2) is 5.65 Å². The predicted molar refractivity (Wildman–Crippen MR) is 97.5 cm³/mol. The summed E-state index contributed by atoms with van der Waals surface area (Å²) in [5.41, 5.74) is 5.06. The van der Waals surface area contributed by atoms with Gasteiger partial charge in [-0.3, -0.25) is 4.40 Å². The van der Waals surface area contributed by atoms with Crippen molar-refractivity contribution in [1.82, 2.24) is 19.4 Å². The highest BCUT2D eigenvalue weighted by atomic mass is 16.3. The number of imidazole rings is 1. The van der Waals surface area contributed by atoms with Gasteiger partial charge in [-0.1, -0.05) is 24.3 Å². The first kappa shape index (κ1) is 14.7. The first-order chi connectivity index (χ1) is 12.0. The molecule has 1 aliphatic carbocycles. The molecule has 0 saturated heterocycles. The fourth-order valence-corrected chi connectivity index (χ4v) is 3.45. The maximum atomic E-state index is 10.2. The monoisotopic (exact) mass is 332 g/mol. The van der Waals surface area contributed by atoms with Crippen LogP contribution in [0.4, 0.5) is 0 Å². The van der Waals surface area contributed by atoms with Crippen LogP contribution in [0.3, 0.4) is 0 Å². The highest BCUT2D eigenvalue weighted by Gasteiger charge is 2.30. The van der Waals surface area contributed by atoms with Crippen molar-refractivity contribution in [3.8, 4) is 11.3 Å². The predicted octanol–water partition coefficient (Wildman–Crippen LogP) is 3.98. The fourth-order valence-electron chi connectivity index (χ4n) is 3.45. The third-order valence-corrected chi connectivity index (χ3v) is 5.01. The number of fused-ring (bicyclic) bond motifs is 3. The summed E-state index contributed by atoms with van der Waals surface area (Å²) in [4.78, 5) is 12.7. The van der Waals surface area contributed by atoms with Gasteiger partial charge in [0.25, 0.3) is 0 Å². The number of benzene rings is 1. The first-order valence-corrected chi connectivity index (χ1v) is 8.70. The Bertz CT molecular complexity index is 1080. The van der Waals surface area contributed by atoms with Crippen molar-refractivity contribution in [2.24, 2.45) is 0 Å². The number of nitrogens with zero attached hydrogens (tertiary/aromatic N) is 3. The Balaban J connectivity index is 1.74. The molecule has 5 nitrogen and oxygen atoms in total. The van der Waals surface area contributed by atoms with Gasteiger partial charge in [0.05, 0.1) is 28.5 Å². The maximum absolute atomic E-state index is 10.2. The topological polar surface area (TPSA) is 66.2 Å². The van der Waals surface area contributed by atoms with Gasteiger partial charge in [-0.05, 0) is 38.3 Å². The zero-order valence-corrected chi connectivity index (χ0v) is 14.3. The zero-order valence-electron chi connectivity index (χ0n) is 14.3. The van der Waals surface area contributed by atoms with Crippen LogP contribution in [0, 0.1) is 0 Å². The molecule has 0 bridgehead atoms. The molecule has 1 aromatic carbocycles. The van der Waals surface area contributed by atoms with E-state index >= 15 is 0 Å². The number of hydrogen-bond acceptors (Lipinski definition) is 3. The number of nitrogens with one attached hydrogen (secondary N) is 1. The number of aromatic nitrogens is 4. The molecule has 0 amide bonds. The molecule has 0 spiro atoms. The van der Waals surface area contributed by atoms with E-state index in [1.54, 1.807) is 13.8 Å². The van der Waals surface area contributed by atoms with Crippen molar-refractivity contribution >= 4 is 16.7 Å². The molecule has 2 N–H and O–H groups in total. The molecule has 25 heavy (non-hydrogen) atoms. The lowest BCUT2D eigenvalue weighted by molar-refractivity contribution is 0.0786. The van der Waals surface area contributed by atoms with Crippen LogP contribution in [-0.2, 0) is 5.60 Å². The molecule has 0 atom stereocenters. The molecule has 1 fully saturated rings. The summed E-state index contributed by atoms with van der Waals surface area (Å²) >= 11 is 0. The fraction of sp³-hybridized carbons (Fsp3) is 0.300. The molecule has 1 saturated carbocycles. The van der Waals surface area contributed by atoms with Gasteiger partial charge < -0.3 is 10.1 Å². The van der Waals surface area contributed by atoms with Crippen molar-refractivity contribution in [1.29, 1.82) is 0 Å². The highest BCUT2D eigenvalue weighted by Crippen LogP contribution is 2.42. The smallest absolute Gasteiger partial charge is 0.154 e. The Kier molecular flexibility index (Phi) is 2.89. The van der Waals surface area contributed by atoms with Crippen LogP contribution >= 0.6 is 0 Å². The molecule has 4 aromatic rings. The van der Waals surface area contributed by atoms with Crippen LogP contribution in [-0.4, -0.2) is 24.5 Å². The normalized spacial score (nSPS) is 15.3. The third-order valence-electron chi connectivity index (χ3n) is 5.01. The van der Waals surface area contributed by atoms with Crippen molar-refractivity contribution in [2.45, 2.75) is 38.2 Å². The SMILES string of the molecule is CC(C)(O)c1ccc(-c2nc(C3CC3)n3c2cnc2[nH]ccc23)cc1. The van der Waals surface area contributed by atoms with Gasteiger partial charge >= 0.3 is 0 Å². The summed E-state index contributed by atoms with van der Waals surface area (Å²) in [5.74, 6) is 1.67. The number of rotatable bonds is 3. The lowest BCUT2D eigenvalue weighted by Crippen LogP contribution is -2.14. The van der Waals surface area contributed by atoms with E-state index in [1.165, 1.54) is 12.8 Å². The molecule has 3 aromatic heterocycles. The number of aromatic amines is 1. The molecule has 5 rings (SSSR count). The van der Waals surface area contributed by atoms with E-state index in [2.05, 4.69) is 20.4 Å². The summed E-state index contributed by atoms with van der Waals surface area (Å²) in [6.07, 6.45) is 6.22. The van der Waals surface area contributed by atoms with E-state index in [9.17, 15) is 5.11 Å². The Morgan fingerprint density at radius 3 is 2.56 bits per heavy atom. The van der Waals surface area contributed by atoms with E-state index in [1.807, 2.05) is 36.7 Å². The summed E-state index contributed by atoms with van der Waals surface area (Å²) in [5, 5.41) is 10.2. The van der Waals surface area contributed by atoms with Crippen LogP contribution in [0.5, 0.6) is 0 Å². The third kappa shape index (κ3) is 2.27. The second kappa shape index (κ2) is 4.92. The van der Waals surface area contributed by atoms with Gasteiger partial charge in [0.2, 0.25) is 0 Å². The molecule has 0 radical (unpaired) electrons. The van der Waals surface area contributed by atoms with E-state index in [0.717, 1.165) is 39.3 Å². The minimum atomic E-state index is -0.840. The van der Waals surface area contributed by atoms with Crippen LogP contribution < -0.4 is 0 Å². The second-order valence-corrected chi connectivity index (χ2v) is 7.42. The zero-order chi connectivity index (χ0) is 17.2. The van der Waals surface area contributed by atoms with Crippen LogP contribution in [0.25, 0.3) is 27.9 Å².